The molecule has 0 heterocycles. The Bertz CT molecular complexity index is 3710. The molecule has 2 aliphatic carbocycles. The fourth-order valence-corrected chi connectivity index (χ4v) is 10.6. The van der Waals surface area contributed by atoms with Crippen LogP contribution in [0.2, 0.25) is 0 Å². The lowest BCUT2D eigenvalue weighted by Gasteiger charge is -2.19. The minimum absolute atomic E-state index is 1.22. The quantitative estimate of drug-likeness (QED) is 0.124. The van der Waals surface area contributed by atoms with Gasteiger partial charge in [-0.05, 0) is 156 Å². The van der Waals surface area contributed by atoms with E-state index in [-0.39, 0.29) is 0 Å². The summed E-state index contributed by atoms with van der Waals surface area (Å²) in [6.07, 6.45) is 0. The second-order valence-electron chi connectivity index (χ2n) is 16.3. The molecule has 60 heavy (non-hydrogen) atoms. The van der Waals surface area contributed by atoms with Crippen molar-refractivity contribution in [2.75, 3.05) is 0 Å². The Morgan fingerprint density at radius 2 is 0.567 bits per heavy atom. The standard InChI is InChI=1S/C60H36/c1-4-18-38(19-5-1)55-53-35-41-33-51-47-27-14-12-25-45(47)46-26-13-15-28-48(46)52(51)34-42(41)36-54(53)59-58(50-30-16-29-44-43-24-11-10-17-37(43)31-32-49(44)50)56(39-20-6-2-7-21-39)57(60(55)59)40-22-8-3-9-23-40/h1-36H. The Kier molecular flexibility index (Phi) is 7.11. The van der Waals surface area contributed by atoms with Crippen molar-refractivity contribution in [2.24, 2.45) is 0 Å². The van der Waals surface area contributed by atoms with Crippen LogP contribution in [0.5, 0.6) is 0 Å². The largest absolute Gasteiger partial charge is 0.0622 e. The van der Waals surface area contributed by atoms with Gasteiger partial charge in [0.05, 0.1) is 0 Å². The van der Waals surface area contributed by atoms with Crippen LogP contribution in [0.15, 0.2) is 224 Å². The molecule has 13 rings (SSSR count). The molecule has 0 radical (unpaired) electrons. The molecule has 276 valence electrons. The highest BCUT2D eigenvalue weighted by Crippen LogP contribution is 2.62. The van der Waals surface area contributed by atoms with Crippen LogP contribution >= 0.6 is 0 Å². The molecular weight excluding hydrogens is 721 g/mol. The van der Waals surface area contributed by atoms with Gasteiger partial charge in [-0.3, -0.25) is 0 Å². The first kappa shape index (κ1) is 33.2. The lowest BCUT2D eigenvalue weighted by molar-refractivity contribution is 1.56. The maximum Gasteiger partial charge on any atom is -0.000137 e. The van der Waals surface area contributed by atoms with Crippen LogP contribution in [0, 0.1) is 0 Å². The van der Waals surface area contributed by atoms with Gasteiger partial charge < -0.3 is 0 Å². The molecule has 0 aliphatic heterocycles. The molecule has 0 aromatic heterocycles. The zero-order chi connectivity index (χ0) is 39.3. The Hall–Kier alpha value is -7.80. The normalized spacial score (nSPS) is 13.8. The SMILES string of the molecule is c1ccc(C2=C(c3ccccc3)C(c3cccc4c3ccc3ccccc34)=C3C2=C(c2ccccc2)c2cc4cc5c6ccccc6c6ccccc6c5cc4cc23)cc1. The van der Waals surface area contributed by atoms with E-state index in [9.17, 15) is 0 Å². The van der Waals surface area contributed by atoms with Crippen LogP contribution in [0.3, 0.4) is 0 Å². The zero-order valence-electron chi connectivity index (χ0n) is 32.8. The van der Waals surface area contributed by atoms with Gasteiger partial charge >= 0.3 is 0 Å². The van der Waals surface area contributed by atoms with Crippen LogP contribution in [0.25, 0.3) is 92.5 Å². The summed E-state index contributed by atoms with van der Waals surface area (Å²) >= 11 is 0. The third kappa shape index (κ3) is 4.73. The number of hydrogen-bond donors (Lipinski definition) is 0. The molecule has 0 saturated carbocycles. The molecule has 2 aliphatic rings. The maximum absolute atomic E-state index is 2.51. The predicted molar refractivity (Wildman–Crippen MR) is 257 cm³/mol. The van der Waals surface area contributed by atoms with Crippen LogP contribution in [-0.2, 0) is 0 Å². The molecule has 0 unspecified atom stereocenters. The maximum atomic E-state index is 2.51. The monoisotopic (exact) mass is 756 g/mol. The van der Waals surface area contributed by atoms with E-state index in [4.69, 9.17) is 0 Å². The van der Waals surface area contributed by atoms with Gasteiger partial charge in [0, 0.05) is 0 Å². The molecule has 11 aromatic rings. The van der Waals surface area contributed by atoms with Crippen molar-refractivity contribution in [1.29, 1.82) is 0 Å². The van der Waals surface area contributed by atoms with E-state index in [0.717, 1.165) is 0 Å². The van der Waals surface area contributed by atoms with Gasteiger partial charge in [-0.2, -0.15) is 0 Å². The first-order valence-corrected chi connectivity index (χ1v) is 20.9. The molecule has 0 heteroatoms. The highest BCUT2D eigenvalue weighted by atomic mass is 14.4. The molecule has 0 amide bonds. The van der Waals surface area contributed by atoms with Crippen molar-refractivity contribution in [3.8, 4) is 0 Å². The predicted octanol–water partition coefficient (Wildman–Crippen LogP) is 16.0. The van der Waals surface area contributed by atoms with Gasteiger partial charge in [0.25, 0.3) is 0 Å². The van der Waals surface area contributed by atoms with Crippen molar-refractivity contribution in [3.63, 3.8) is 0 Å². The summed E-state index contributed by atoms with van der Waals surface area (Å²) < 4.78 is 0. The molecule has 11 aromatic carbocycles. The van der Waals surface area contributed by atoms with Crippen LogP contribution in [-0.4, -0.2) is 0 Å². The second kappa shape index (κ2) is 12.9. The average molecular weight is 757 g/mol. The highest BCUT2D eigenvalue weighted by molar-refractivity contribution is 6.41. The third-order valence-corrected chi connectivity index (χ3v) is 13.1. The average Bonchev–Trinajstić information content (AvgIpc) is 3.83. The molecule has 0 nitrogen and oxygen atoms in total. The molecule has 0 N–H and O–H groups in total. The van der Waals surface area contributed by atoms with E-state index < -0.39 is 0 Å². The van der Waals surface area contributed by atoms with E-state index >= 15 is 0 Å². The van der Waals surface area contributed by atoms with E-state index in [1.807, 2.05) is 0 Å². The van der Waals surface area contributed by atoms with Crippen molar-refractivity contribution < 1.29 is 0 Å². The van der Waals surface area contributed by atoms with Gasteiger partial charge in [-0.25, -0.2) is 0 Å². The number of rotatable bonds is 4. The smallest absolute Gasteiger partial charge is 0.000137 e. The summed E-state index contributed by atoms with van der Waals surface area (Å²) in [6, 6.07) is 81.4. The minimum Gasteiger partial charge on any atom is -0.0622 e. The van der Waals surface area contributed by atoms with Crippen LogP contribution in [0.4, 0.5) is 0 Å². The minimum atomic E-state index is 1.22. The number of benzene rings is 11. The second-order valence-corrected chi connectivity index (χ2v) is 16.3. The highest BCUT2D eigenvalue weighted by Gasteiger charge is 2.40. The Balaban J connectivity index is 1.22. The first-order chi connectivity index (χ1) is 29.8. The van der Waals surface area contributed by atoms with Gasteiger partial charge in [-0.1, -0.05) is 194 Å². The Morgan fingerprint density at radius 3 is 1.13 bits per heavy atom. The fourth-order valence-electron chi connectivity index (χ4n) is 10.6. The van der Waals surface area contributed by atoms with Crippen molar-refractivity contribution in [3.05, 3.63) is 257 Å². The van der Waals surface area contributed by atoms with E-state index in [0.29, 0.717) is 0 Å². The summed E-state index contributed by atoms with van der Waals surface area (Å²) in [6.45, 7) is 0. The number of hydrogen-bond acceptors (Lipinski definition) is 0. The van der Waals surface area contributed by atoms with Gasteiger partial charge in [0.1, 0.15) is 0 Å². The van der Waals surface area contributed by atoms with E-state index in [1.54, 1.807) is 0 Å². The first-order valence-electron chi connectivity index (χ1n) is 20.9. The summed E-state index contributed by atoms with van der Waals surface area (Å²) in [5, 5.41) is 15.3. The van der Waals surface area contributed by atoms with Crippen LogP contribution in [0.1, 0.15) is 33.4 Å². The fraction of sp³-hybridized carbons (Fsp3) is 0. The summed E-state index contributed by atoms with van der Waals surface area (Å²) in [4.78, 5) is 0. The van der Waals surface area contributed by atoms with Crippen molar-refractivity contribution in [2.45, 2.75) is 0 Å². The molecular formula is C60H36. The van der Waals surface area contributed by atoms with Gasteiger partial charge in [0.2, 0.25) is 0 Å². The van der Waals surface area contributed by atoms with Crippen molar-refractivity contribution in [1.82, 2.24) is 0 Å². The van der Waals surface area contributed by atoms with E-state index in [2.05, 4.69) is 218 Å². The zero-order valence-corrected chi connectivity index (χ0v) is 32.8. The van der Waals surface area contributed by atoms with Crippen LogP contribution < -0.4 is 0 Å². The van der Waals surface area contributed by atoms with Gasteiger partial charge in [0.15, 0.2) is 0 Å². The molecule has 0 saturated heterocycles. The molecule has 0 spiro atoms. The van der Waals surface area contributed by atoms with Crippen molar-refractivity contribution >= 4 is 92.5 Å². The number of fused-ring (bicyclic) bond motifs is 13. The van der Waals surface area contributed by atoms with Gasteiger partial charge in [-0.15, -0.1) is 0 Å². The Labute approximate surface area is 348 Å². The summed E-state index contributed by atoms with van der Waals surface area (Å²) in [5.41, 5.74) is 15.3. The summed E-state index contributed by atoms with van der Waals surface area (Å²) in [7, 11) is 0. The molecule has 0 atom stereocenters. The lowest BCUT2D eigenvalue weighted by atomic mass is 9.84. The third-order valence-electron chi connectivity index (χ3n) is 13.1. The Morgan fingerprint density at radius 1 is 0.167 bits per heavy atom. The number of allylic oxidation sites excluding steroid dienone is 5. The topological polar surface area (TPSA) is 0 Å². The lowest BCUT2D eigenvalue weighted by Crippen LogP contribution is -1.96. The molecule has 0 bridgehead atoms. The molecule has 0 fully saturated rings. The van der Waals surface area contributed by atoms with E-state index in [1.165, 1.54) is 131 Å². The summed E-state index contributed by atoms with van der Waals surface area (Å²) in [5.74, 6) is 0.